The molecule has 0 heterocycles. The summed E-state index contributed by atoms with van der Waals surface area (Å²) in [5.74, 6) is 1.58. The van der Waals surface area contributed by atoms with Crippen LogP contribution in [-0.2, 0) is 36.3 Å². The highest BCUT2D eigenvalue weighted by Gasteiger charge is 2.40. The Hall–Kier alpha value is -2.03. The van der Waals surface area contributed by atoms with E-state index >= 15 is 0 Å². The summed E-state index contributed by atoms with van der Waals surface area (Å²) in [6.07, 6.45) is -1.21. The zero-order valence-electron chi connectivity index (χ0n) is 32.7. The van der Waals surface area contributed by atoms with Gasteiger partial charge in [-0.1, -0.05) is 78.0 Å². The van der Waals surface area contributed by atoms with E-state index in [0.717, 1.165) is 28.2 Å². The van der Waals surface area contributed by atoms with Gasteiger partial charge in [0.25, 0.3) is 0 Å². The topological polar surface area (TPSA) is 84.8 Å². The maximum atomic E-state index is 11.6. The smallest absolute Gasteiger partial charge is 0.192 e. The molecular formula is C39H66O8Si2. The number of ether oxygens (including phenoxy) is 5. The Morgan fingerprint density at radius 2 is 1.02 bits per heavy atom. The zero-order chi connectivity index (χ0) is 37.0. The van der Waals surface area contributed by atoms with Crippen molar-refractivity contribution in [3.05, 3.63) is 71.8 Å². The number of hydrogen-bond donors (Lipinski definition) is 1. The number of hydrogen-bond acceptors (Lipinski definition) is 8. The van der Waals surface area contributed by atoms with Crippen LogP contribution in [0.5, 0.6) is 11.5 Å². The van der Waals surface area contributed by atoms with Crippen LogP contribution in [0.15, 0.2) is 60.7 Å². The van der Waals surface area contributed by atoms with Crippen LogP contribution in [0.2, 0.25) is 36.3 Å². The number of aliphatic hydroxyl groups excluding tert-OH is 1. The average Bonchev–Trinajstić information content (AvgIpc) is 3.03. The SMILES string of the molecule is C=C(C[C@@H](O)[C@@H](CO[Si](C)(C)C(C)(C)C)OCc1ccc(OC)cc1)C[C@@H](OC)[C@@H](CO[Si](C)(C)C(C)(C)C)OCc1ccc(OC)cc1. The summed E-state index contributed by atoms with van der Waals surface area (Å²) in [5, 5.41) is 11.7. The minimum atomic E-state index is -2.09. The van der Waals surface area contributed by atoms with E-state index in [1.54, 1.807) is 21.3 Å². The molecule has 0 aliphatic heterocycles. The molecule has 0 unspecified atom stereocenters. The molecule has 4 atom stereocenters. The third-order valence-corrected chi connectivity index (χ3v) is 19.2. The summed E-state index contributed by atoms with van der Waals surface area (Å²) in [7, 11) is 0.852. The van der Waals surface area contributed by atoms with Crippen molar-refractivity contribution in [1.82, 2.24) is 0 Å². The van der Waals surface area contributed by atoms with E-state index in [2.05, 4.69) is 74.3 Å². The largest absolute Gasteiger partial charge is 0.497 e. The third-order valence-electron chi connectivity index (χ3n) is 10.2. The Labute approximate surface area is 299 Å². The maximum absolute atomic E-state index is 11.6. The molecule has 2 aromatic carbocycles. The predicted octanol–water partition coefficient (Wildman–Crippen LogP) is 8.93. The summed E-state index contributed by atoms with van der Waals surface area (Å²) in [6, 6.07) is 15.6. The van der Waals surface area contributed by atoms with Crippen molar-refractivity contribution < 1.29 is 37.6 Å². The lowest BCUT2D eigenvalue weighted by atomic mass is 9.98. The lowest BCUT2D eigenvalue weighted by Crippen LogP contribution is -2.46. The molecule has 0 fully saturated rings. The van der Waals surface area contributed by atoms with Crippen LogP contribution in [-0.4, -0.2) is 80.7 Å². The van der Waals surface area contributed by atoms with Gasteiger partial charge in [0.15, 0.2) is 16.6 Å². The van der Waals surface area contributed by atoms with E-state index in [-0.39, 0.29) is 22.3 Å². The van der Waals surface area contributed by atoms with Crippen molar-refractivity contribution >= 4 is 16.6 Å². The second-order valence-corrected chi connectivity index (χ2v) is 25.7. The molecule has 0 aliphatic carbocycles. The van der Waals surface area contributed by atoms with E-state index in [1.807, 2.05) is 48.5 Å². The summed E-state index contributed by atoms with van der Waals surface area (Å²) in [5.41, 5.74) is 2.86. The van der Waals surface area contributed by atoms with Crippen LogP contribution < -0.4 is 9.47 Å². The maximum Gasteiger partial charge on any atom is 0.192 e. The molecule has 2 aromatic rings. The molecule has 1 N–H and O–H groups in total. The van der Waals surface area contributed by atoms with Gasteiger partial charge < -0.3 is 37.6 Å². The molecule has 49 heavy (non-hydrogen) atoms. The first-order chi connectivity index (χ1) is 22.7. The summed E-state index contributed by atoms with van der Waals surface area (Å²) >= 11 is 0. The van der Waals surface area contributed by atoms with E-state index in [0.29, 0.717) is 39.3 Å². The summed E-state index contributed by atoms with van der Waals surface area (Å²) < 4.78 is 42.7. The molecule has 0 spiro atoms. The lowest BCUT2D eigenvalue weighted by Gasteiger charge is -2.38. The van der Waals surface area contributed by atoms with Crippen LogP contribution in [0, 0.1) is 0 Å². The van der Waals surface area contributed by atoms with Crippen LogP contribution >= 0.6 is 0 Å². The van der Waals surface area contributed by atoms with E-state index in [4.69, 9.17) is 32.5 Å². The van der Waals surface area contributed by atoms with Gasteiger partial charge in [-0.2, -0.15) is 0 Å². The van der Waals surface area contributed by atoms with Crippen LogP contribution in [0.4, 0.5) is 0 Å². The molecule has 0 saturated heterocycles. The third kappa shape index (κ3) is 13.9. The van der Waals surface area contributed by atoms with Crippen LogP contribution in [0.25, 0.3) is 0 Å². The van der Waals surface area contributed by atoms with Gasteiger partial charge in [-0.3, -0.25) is 0 Å². The lowest BCUT2D eigenvalue weighted by molar-refractivity contribution is -0.0849. The molecule has 0 aliphatic rings. The van der Waals surface area contributed by atoms with Crippen molar-refractivity contribution in [2.24, 2.45) is 0 Å². The number of aliphatic hydroxyl groups is 1. The Morgan fingerprint density at radius 3 is 1.39 bits per heavy atom. The molecule has 0 radical (unpaired) electrons. The Kier molecular flexibility index (Phi) is 16.7. The molecule has 8 nitrogen and oxygen atoms in total. The Balaban J connectivity index is 2.20. The molecule has 10 heteroatoms. The first-order valence-electron chi connectivity index (χ1n) is 17.4. The minimum absolute atomic E-state index is 0.0289. The Bertz CT molecular complexity index is 1250. The highest BCUT2D eigenvalue weighted by Crippen LogP contribution is 2.38. The van der Waals surface area contributed by atoms with E-state index in [1.165, 1.54) is 0 Å². The number of benzene rings is 2. The summed E-state index contributed by atoms with van der Waals surface area (Å²) in [4.78, 5) is 0. The van der Waals surface area contributed by atoms with Gasteiger partial charge in [0, 0.05) is 7.11 Å². The normalized spacial score (nSPS) is 15.4. The van der Waals surface area contributed by atoms with Gasteiger partial charge in [0.2, 0.25) is 0 Å². The van der Waals surface area contributed by atoms with Crippen molar-refractivity contribution in [2.45, 2.75) is 128 Å². The fraction of sp³-hybridized carbons (Fsp3) is 0.641. The zero-order valence-corrected chi connectivity index (χ0v) is 34.7. The molecule has 2 rings (SSSR count). The van der Waals surface area contributed by atoms with E-state index < -0.39 is 28.8 Å². The monoisotopic (exact) mass is 718 g/mol. The molecule has 0 bridgehead atoms. The van der Waals surface area contributed by atoms with Crippen molar-refractivity contribution in [2.75, 3.05) is 34.5 Å². The predicted molar refractivity (Wildman–Crippen MR) is 205 cm³/mol. The van der Waals surface area contributed by atoms with Crippen molar-refractivity contribution in [1.29, 1.82) is 0 Å². The molecule has 278 valence electrons. The fourth-order valence-electron chi connectivity index (χ4n) is 4.56. The molecule has 0 saturated carbocycles. The van der Waals surface area contributed by atoms with Crippen molar-refractivity contribution in [3.63, 3.8) is 0 Å². The highest BCUT2D eigenvalue weighted by molar-refractivity contribution is 6.74. The van der Waals surface area contributed by atoms with Crippen LogP contribution in [0.3, 0.4) is 0 Å². The minimum Gasteiger partial charge on any atom is -0.497 e. The standard InChI is InChI=1S/C39H66O8Si2/c1-29(23-34(40)36(27-46-48(11,12)38(2,3)4)44-25-30-15-19-32(41-8)20-16-30)24-35(43-10)37(28-47-49(13,14)39(5,6)7)45-26-31-17-21-33(42-9)22-18-31/h15-22,34-37,40H,1,23-28H2,2-14H3/t34-,35-,36-,37-/m1/s1. The quantitative estimate of drug-likeness (QED) is 0.101. The van der Waals surface area contributed by atoms with Crippen LogP contribution in [0.1, 0.15) is 65.5 Å². The number of rotatable bonds is 21. The van der Waals surface area contributed by atoms with Gasteiger partial charge >= 0.3 is 0 Å². The summed E-state index contributed by atoms with van der Waals surface area (Å²) in [6.45, 7) is 28.0. The highest BCUT2D eigenvalue weighted by atomic mass is 28.4. The van der Waals surface area contributed by atoms with Gasteiger partial charge in [-0.15, -0.1) is 0 Å². The first kappa shape index (κ1) is 43.1. The van der Waals surface area contributed by atoms with Gasteiger partial charge in [0.05, 0.1) is 52.9 Å². The molecule has 0 aromatic heterocycles. The van der Waals surface area contributed by atoms with Crippen molar-refractivity contribution in [3.8, 4) is 11.5 Å². The Morgan fingerprint density at radius 1 is 0.633 bits per heavy atom. The molecule has 0 amide bonds. The average molecular weight is 719 g/mol. The van der Waals surface area contributed by atoms with Gasteiger partial charge in [0.1, 0.15) is 23.7 Å². The number of methoxy groups -OCH3 is 3. The van der Waals surface area contributed by atoms with Gasteiger partial charge in [-0.25, -0.2) is 0 Å². The van der Waals surface area contributed by atoms with E-state index in [9.17, 15) is 5.11 Å². The van der Waals surface area contributed by atoms with Gasteiger partial charge in [-0.05, 0) is 84.5 Å². The second-order valence-electron chi connectivity index (χ2n) is 16.0. The molecular weight excluding hydrogens is 653 g/mol. The fourth-order valence-corrected chi connectivity index (χ4v) is 6.59. The first-order valence-corrected chi connectivity index (χ1v) is 23.2. The second kappa shape index (κ2) is 19.0.